The van der Waals surface area contributed by atoms with Crippen LogP contribution in [0.5, 0.6) is 23.0 Å². The minimum absolute atomic E-state index is 0.440. The molecule has 0 unspecified atom stereocenters. The van der Waals surface area contributed by atoms with Gasteiger partial charge in [0.15, 0.2) is 0 Å². The highest BCUT2D eigenvalue weighted by atomic mass is 79.9. The number of hydrogen-bond acceptors (Lipinski definition) is 6. The van der Waals surface area contributed by atoms with Gasteiger partial charge in [-0.15, -0.1) is 5.54 Å². The van der Waals surface area contributed by atoms with Crippen LogP contribution in [0, 0.1) is 11.5 Å². The minimum atomic E-state index is -2.24. The molecule has 8 bridgehead atoms. The normalized spacial score (nSPS) is 12.2. The molecule has 10 heteroatoms. The van der Waals surface area contributed by atoms with Crippen LogP contribution in [0.1, 0.15) is 252 Å². The number of aromatic amines is 2. The molecule has 0 fully saturated rings. The Balaban J connectivity index is 1.51. The summed E-state index contributed by atoms with van der Waals surface area (Å²) in [6.45, 7) is 25.9. The summed E-state index contributed by atoms with van der Waals surface area (Å²) in [5.41, 5.74) is 16.7. The first-order chi connectivity index (χ1) is 41.5. The van der Waals surface area contributed by atoms with Crippen molar-refractivity contribution in [2.75, 3.05) is 26.4 Å². The van der Waals surface area contributed by atoms with Crippen LogP contribution in [0.4, 0.5) is 0 Å². The second-order valence-corrected chi connectivity index (χ2v) is 31.2. The third kappa shape index (κ3) is 18.3. The molecule has 0 spiro atoms. The maximum absolute atomic E-state index is 6.91. The molecule has 5 aromatic rings. The summed E-state index contributed by atoms with van der Waals surface area (Å²) in [6, 6.07) is 21.3. The molecule has 0 saturated heterocycles. The second kappa shape index (κ2) is 35.3. The lowest BCUT2D eigenvalue weighted by Gasteiger charge is -2.38. The molecule has 2 aliphatic rings. The zero-order valence-corrected chi connectivity index (χ0v) is 56.6. The summed E-state index contributed by atoms with van der Waals surface area (Å²) in [7, 11) is -2.24. The molecule has 7 rings (SSSR count). The summed E-state index contributed by atoms with van der Waals surface area (Å²) in [6.07, 6.45) is 37.0. The molecule has 0 radical (unpaired) electrons. The first-order valence-corrected chi connectivity index (χ1v) is 36.6. The van der Waals surface area contributed by atoms with Gasteiger partial charge in [0, 0.05) is 22.2 Å². The molecular weight excluding hydrogens is 1130 g/mol. The molecule has 0 aliphatic carbocycles. The van der Waals surface area contributed by atoms with E-state index in [1.54, 1.807) is 0 Å². The number of rotatable bonds is 37. The van der Waals surface area contributed by atoms with Gasteiger partial charge in [0.05, 0.1) is 81.4 Å². The van der Waals surface area contributed by atoms with E-state index < -0.39 is 8.07 Å². The van der Waals surface area contributed by atoms with E-state index in [1.165, 1.54) is 103 Å². The summed E-state index contributed by atoms with van der Waals surface area (Å²) < 4.78 is 28.5. The second-order valence-electron chi connectivity index (χ2n) is 24.8. The Labute approximate surface area is 522 Å². The molecule has 3 aromatic heterocycles. The van der Waals surface area contributed by atoms with E-state index in [-0.39, 0.29) is 0 Å². The lowest BCUT2D eigenvalue weighted by Crippen LogP contribution is -2.43. The highest BCUT2D eigenvalue weighted by Gasteiger charge is 2.42. The first kappa shape index (κ1) is 67.0. The topological polar surface area (TPSA) is 94.3 Å². The van der Waals surface area contributed by atoms with Gasteiger partial charge in [0.1, 0.15) is 31.1 Å². The van der Waals surface area contributed by atoms with Crippen molar-refractivity contribution in [3.8, 4) is 56.7 Å². The molecule has 85 heavy (non-hydrogen) atoms. The molecule has 5 heterocycles. The molecule has 2 N–H and O–H groups in total. The van der Waals surface area contributed by atoms with Gasteiger partial charge in [-0.1, -0.05) is 216 Å². The maximum Gasteiger partial charge on any atom is 0.146 e. The highest BCUT2D eigenvalue weighted by molar-refractivity contribution is 9.10. The van der Waals surface area contributed by atoms with Gasteiger partial charge in [-0.3, -0.25) is 0 Å². The van der Waals surface area contributed by atoms with Crippen LogP contribution in [0.15, 0.2) is 65.1 Å². The maximum atomic E-state index is 6.91. The third-order valence-electron chi connectivity index (χ3n) is 17.5. The molecule has 8 nitrogen and oxygen atoms in total. The summed E-state index contributed by atoms with van der Waals surface area (Å²) in [5, 5.41) is 0. The largest absolute Gasteiger partial charge is 0.493 e. The number of aromatic nitrogens is 4. The monoisotopic (exact) mass is 1230 g/mol. The van der Waals surface area contributed by atoms with E-state index in [2.05, 4.69) is 192 Å². The number of unbranched alkanes of at least 4 members (excludes halogenated alkanes) is 20. The van der Waals surface area contributed by atoms with Crippen molar-refractivity contribution in [2.24, 2.45) is 0 Å². The van der Waals surface area contributed by atoms with E-state index >= 15 is 0 Å². The average molecular weight is 1230 g/mol. The van der Waals surface area contributed by atoms with Crippen LogP contribution in [0.3, 0.4) is 0 Å². The lowest BCUT2D eigenvalue weighted by molar-refractivity contribution is 0.292. The van der Waals surface area contributed by atoms with Crippen molar-refractivity contribution in [2.45, 2.75) is 240 Å². The summed E-state index contributed by atoms with van der Waals surface area (Å²) >= 11 is 4.10. The van der Waals surface area contributed by atoms with Crippen LogP contribution in [0.2, 0.25) is 16.6 Å². The fourth-order valence-corrected chi connectivity index (χ4v) is 18.3. The zero-order chi connectivity index (χ0) is 60.4. The van der Waals surface area contributed by atoms with Crippen molar-refractivity contribution in [3.05, 3.63) is 93.5 Å². The van der Waals surface area contributed by atoms with Crippen molar-refractivity contribution >= 4 is 70.4 Å². The van der Waals surface area contributed by atoms with Crippen LogP contribution < -0.4 is 18.9 Å². The number of ether oxygens (including phenoxy) is 4. The van der Waals surface area contributed by atoms with Gasteiger partial charge in [-0.05, 0) is 131 Å². The van der Waals surface area contributed by atoms with Gasteiger partial charge in [-0.2, -0.15) is 0 Å². The summed E-state index contributed by atoms with van der Waals surface area (Å²) in [5.74, 6) is 7.12. The predicted molar refractivity (Wildman–Crippen MR) is 371 cm³/mol. The number of hydrogen-bond donors (Lipinski definition) is 2. The quantitative estimate of drug-likeness (QED) is 0.0229. The van der Waals surface area contributed by atoms with Crippen LogP contribution in [-0.4, -0.2) is 54.4 Å². The van der Waals surface area contributed by atoms with E-state index in [4.69, 9.17) is 28.9 Å². The number of H-pyrrole nitrogens is 2. The number of benzene rings is 2. The number of nitrogens with zero attached hydrogens (tertiary/aromatic N) is 2. The number of nitrogens with one attached hydrogen (secondary N) is 2. The Hall–Kier alpha value is -5.50. The Morgan fingerprint density at radius 3 is 1.09 bits per heavy atom. The average Bonchev–Trinajstić information content (AvgIpc) is 3.37. The van der Waals surface area contributed by atoms with Gasteiger partial charge in [0.25, 0.3) is 0 Å². The lowest BCUT2D eigenvalue weighted by atomic mass is 10.0. The van der Waals surface area contributed by atoms with Crippen molar-refractivity contribution in [3.63, 3.8) is 0 Å². The smallest absolute Gasteiger partial charge is 0.146 e. The highest BCUT2D eigenvalue weighted by Crippen LogP contribution is 2.47. The van der Waals surface area contributed by atoms with E-state index in [9.17, 15) is 0 Å². The first-order valence-electron chi connectivity index (χ1n) is 33.6. The predicted octanol–water partition coefficient (Wildman–Crippen LogP) is 23.3. The molecule has 0 saturated carbocycles. The van der Waals surface area contributed by atoms with Crippen LogP contribution >= 0.6 is 15.9 Å². The third-order valence-corrected chi connectivity index (χ3v) is 24.6. The number of fused-ring (bicyclic) bond motifs is 8. The van der Waals surface area contributed by atoms with Crippen molar-refractivity contribution in [1.29, 1.82) is 0 Å². The Morgan fingerprint density at radius 2 is 0.706 bits per heavy atom. The van der Waals surface area contributed by atoms with E-state index in [1.807, 2.05) is 0 Å². The van der Waals surface area contributed by atoms with Crippen LogP contribution in [-0.2, 0) is 0 Å². The Morgan fingerprint density at radius 1 is 0.388 bits per heavy atom. The minimum Gasteiger partial charge on any atom is -0.493 e. The van der Waals surface area contributed by atoms with E-state index in [0.29, 0.717) is 43.1 Å². The van der Waals surface area contributed by atoms with E-state index in [0.717, 1.165) is 151 Å². The fourth-order valence-electron chi connectivity index (χ4n) is 12.7. The van der Waals surface area contributed by atoms with Crippen LogP contribution in [0.25, 0.3) is 68.6 Å². The van der Waals surface area contributed by atoms with Gasteiger partial charge >= 0.3 is 0 Å². The summed E-state index contributed by atoms with van der Waals surface area (Å²) in [4.78, 5) is 19.1. The van der Waals surface area contributed by atoms with Gasteiger partial charge < -0.3 is 28.9 Å². The van der Waals surface area contributed by atoms with Gasteiger partial charge in [0.2, 0.25) is 0 Å². The molecule has 460 valence electrons. The fraction of sp³-hybridized carbons (Fsp3) is 0.547. The number of halogens is 1. The van der Waals surface area contributed by atoms with Crippen molar-refractivity contribution in [1.82, 2.24) is 19.9 Å². The molecular formula is C75H105BrN4O4Si. The van der Waals surface area contributed by atoms with Crippen molar-refractivity contribution < 1.29 is 18.9 Å². The SMILES string of the molecule is CCCCCCCCOc1cccc(OCCCCCCCC)c1-c1c2nc(c(C#C[Si](C(C)C)(C(C)C)C(C)C)c3ccc([nH]3)c(-c3c(OCCCCCCCC)cccc3OCCCCCCCC)c3nc(c(Br)c4ccc1[nH]4)C=C3)C=C2. The molecule has 2 aliphatic heterocycles. The Kier molecular flexibility index (Phi) is 27.9. The Bertz CT molecular complexity index is 3000. The standard InChI is InChI=1S/C75H105BrN4O4Si/c1-11-15-19-23-27-31-50-81-67-37-35-38-68(82-51-32-28-24-20-16-12-2)73(67)71-61-43-41-59(77-61)58(49-54-85(55(5)6,56(7)8)57(9)10)60-42-44-62(78-60)72(64-46-48-66(80-64)75(76)65-47-45-63(71)79-65)74-69(83-52-33-29-25-21-17-13-3)39-36-40-70(74)84-53-34-30-26-22-18-14-4/h35-48,55-57,77,80H,11-34,50-53H2,1-10H3. The van der Waals surface area contributed by atoms with Gasteiger partial charge in [-0.25, -0.2) is 9.97 Å². The molecule has 2 aromatic carbocycles. The zero-order valence-electron chi connectivity index (χ0n) is 54.0. The molecule has 0 amide bonds. The molecule has 0 atom stereocenters.